The van der Waals surface area contributed by atoms with E-state index in [4.69, 9.17) is 11.6 Å². The second-order valence-corrected chi connectivity index (χ2v) is 7.69. The Hall–Kier alpha value is -1.06. The van der Waals surface area contributed by atoms with E-state index < -0.39 is 0 Å². The largest absolute Gasteiger partial charge is 0.349 e. The number of hydrogen-bond donors (Lipinski definition) is 1. The van der Waals surface area contributed by atoms with Crippen molar-refractivity contribution in [2.24, 2.45) is 0 Å². The van der Waals surface area contributed by atoms with Gasteiger partial charge in [0.1, 0.15) is 4.88 Å². The van der Waals surface area contributed by atoms with Crippen molar-refractivity contribution in [3.8, 4) is 0 Å². The number of hydrogen-bond acceptors (Lipinski definition) is 2. The zero-order chi connectivity index (χ0) is 15.5. The monoisotopic (exact) mass is 335 g/mol. The van der Waals surface area contributed by atoms with Crippen LogP contribution in [0.1, 0.15) is 60.2 Å². The Bertz CT molecular complexity index is 671. The van der Waals surface area contributed by atoms with Gasteiger partial charge in [-0.05, 0) is 31.4 Å². The predicted molar refractivity (Wildman–Crippen MR) is 95.1 cm³/mol. The van der Waals surface area contributed by atoms with E-state index in [1.807, 2.05) is 12.1 Å². The molecule has 2 nitrogen and oxygen atoms in total. The fourth-order valence-corrected chi connectivity index (χ4v) is 4.69. The lowest BCUT2D eigenvalue weighted by Crippen LogP contribution is -2.34. The topological polar surface area (TPSA) is 29.1 Å². The number of fused-ring (bicyclic) bond motifs is 1. The molecule has 1 aromatic carbocycles. The van der Waals surface area contributed by atoms with Gasteiger partial charge >= 0.3 is 0 Å². The fraction of sp³-hybridized carbons (Fsp3) is 0.500. The molecular formula is C18H22ClNOS. The van der Waals surface area contributed by atoms with Crippen molar-refractivity contribution in [3.05, 3.63) is 33.7 Å². The molecule has 1 aromatic heterocycles. The second-order valence-electron chi connectivity index (χ2n) is 6.26. The quantitative estimate of drug-likeness (QED) is 0.748. The molecule has 1 aliphatic rings. The fourth-order valence-electron chi connectivity index (χ4n) is 3.17. The number of amides is 1. The Morgan fingerprint density at radius 2 is 1.86 bits per heavy atom. The highest BCUT2D eigenvalue weighted by atomic mass is 35.5. The highest BCUT2D eigenvalue weighted by Crippen LogP contribution is 2.36. The van der Waals surface area contributed by atoms with Crippen LogP contribution in [0.5, 0.6) is 0 Å². The van der Waals surface area contributed by atoms with Gasteiger partial charge in [-0.25, -0.2) is 0 Å². The van der Waals surface area contributed by atoms with Crippen LogP contribution in [0.2, 0.25) is 5.02 Å². The molecule has 4 heteroatoms. The summed E-state index contributed by atoms with van der Waals surface area (Å²) in [6, 6.07) is 6.45. The molecule has 0 spiro atoms. The lowest BCUT2D eigenvalue weighted by Gasteiger charge is -2.20. The van der Waals surface area contributed by atoms with E-state index in [9.17, 15) is 4.79 Å². The number of benzene rings is 1. The van der Waals surface area contributed by atoms with Crippen LogP contribution in [-0.2, 0) is 0 Å². The third-order valence-corrected chi connectivity index (χ3v) is 6.09. The van der Waals surface area contributed by atoms with Crippen molar-refractivity contribution in [1.82, 2.24) is 5.32 Å². The van der Waals surface area contributed by atoms with Gasteiger partial charge in [-0.15, -0.1) is 11.3 Å². The van der Waals surface area contributed by atoms with Gasteiger partial charge in [0.25, 0.3) is 5.91 Å². The maximum Gasteiger partial charge on any atom is 0.263 e. The molecule has 0 bridgehead atoms. The summed E-state index contributed by atoms with van der Waals surface area (Å²) in [5.41, 5.74) is 1.19. The van der Waals surface area contributed by atoms with Crippen molar-refractivity contribution >= 4 is 38.9 Å². The molecule has 3 rings (SSSR count). The standard InChI is InChI=1S/C18H22ClNOS/c1-12-9-10-14-15(11-12)22-17(16(14)19)18(21)20-13-7-5-3-2-4-6-8-13/h9-11,13H,2-8H2,1H3,(H,20,21). The van der Waals surface area contributed by atoms with Crippen molar-refractivity contribution in [2.45, 2.75) is 57.9 Å². The summed E-state index contributed by atoms with van der Waals surface area (Å²) < 4.78 is 1.09. The summed E-state index contributed by atoms with van der Waals surface area (Å²) in [6.07, 6.45) is 8.52. The number of rotatable bonds is 2. The minimum Gasteiger partial charge on any atom is -0.349 e. The lowest BCUT2D eigenvalue weighted by molar-refractivity contribution is 0.0935. The number of aryl methyl sites for hydroxylation is 1. The smallest absolute Gasteiger partial charge is 0.263 e. The first kappa shape index (κ1) is 15.8. The molecule has 2 aromatic rings. The van der Waals surface area contributed by atoms with Crippen LogP contribution in [0.4, 0.5) is 0 Å². The van der Waals surface area contributed by atoms with Gasteiger partial charge in [-0.2, -0.15) is 0 Å². The summed E-state index contributed by atoms with van der Waals surface area (Å²) >= 11 is 7.93. The van der Waals surface area contributed by atoms with Gasteiger partial charge in [-0.1, -0.05) is 55.8 Å². The minimum absolute atomic E-state index is 0.00516. The average molecular weight is 336 g/mol. The molecule has 0 radical (unpaired) electrons. The van der Waals surface area contributed by atoms with Gasteiger partial charge in [-0.3, -0.25) is 4.79 Å². The normalized spacial score (nSPS) is 17.2. The molecule has 118 valence electrons. The molecule has 22 heavy (non-hydrogen) atoms. The van der Waals surface area contributed by atoms with E-state index in [2.05, 4.69) is 18.3 Å². The minimum atomic E-state index is -0.00516. The zero-order valence-corrected chi connectivity index (χ0v) is 14.5. The molecular weight excluding hydrogens is 314 g/mol. The van der Waals surface area contributed by atoms with Gasteiger partial charge in [0.05, 0.1) is 5.02 Å². The van der Waals surface area contributed by atoms with Crippen LogP contribution < -0.4 is 5.32 Å². The Morgan fingerprint density at radius 1 is 1.18 bits per heavy atom. The molecule has 1 N–H and O–H groups in total. The highest BCUT2D eigenvalue weighted by molar-refractivity contribution is 7.21. The van der Waals surface area contributed by atoms with E-state index in [1.165, 1.54) is 49.0 Å². The van der Waals surface area contributed by atoms with Gasteiger partial charge < -0.3 is 5.32 Å². The van der Waals surface area contributed by atoms with Crippen molar-refractivity contribution < 1.29 is 4.79 Å². The van der Waals surface area contributed by atoms with Gasteiger partial charge in [0, 0.05) is 16.1 Å². The van der Waals surface area contributed by atoms with E-state index >= 15 is 0 Å². The Balaban J connectivity index is 1.78. The molecule has 0 aliphatic heterocycles. The first-order valence-electron chi connectivity index (χ1n) is 8.14. The van der Waals surface area contributed by atoms with Crippen LogP contribution in [0, 0.1) is 6.92 Å². The molecule has 1 aliphatic carbocycles. The molecule has 0 saturated heterocycles. The van der Waals surface area contributed by atoms with Gasteiger partial charge in [0.15, 0.2) is 0 Å². The number of halogens is 1. The summed E-state index contributed by atoms with van der Waals surface area (Å²) in [5.74, 6) is -0.00516. The maximum absolute atomic E-state index is 12.6. The third-order valence-electron chi connectivity index (χ3n) is 4.43. The average Bonchev–Trinajstić information content (AvgIpc) is 2.78. The van der Waals surface area contributed by atoms with Crippen molar-refractivity contribution in [2.75, 3.05) is 0 Å². The van der Waals surface area contributed by atoms with Crippen molar-refractivity contribution in [1.29, 1.82) is 0 Å². The molecule has 1 heterocycles. The molecule has 0 unspecified atom stereocenters. The van der Waals surface area contributed by atoms with Crippen molar-refractivity contribution in [3.63, 3.8) is 0 Å². The number of carbonyl (C=O) groups excluding carboxylic acids is 1. The first-order valence-corrected chi connectivity index (χ1v) is 9.34. The van der Waals surface area contributed by atoms with E-state index in [1.54, 1.807) is 0 Å². The molecule has 0 atom stereocenters. The lowest BCUT2D eigenvalue weighted by atomic mass is 9.97. The van der Waals surface area contributed by atoms with E-state index in [0.717, 1.165) is 22.9 Å². The molecule has 1 saturated carbocycles. The van der Waals surface area contributed by atoms with Crippen LogP contribution in [0.3, 0.4) is 0 Å². The zero-order valence-electron chi connectivity index (χ0n) is 13.0. The summed E-state index contributed by atoms with van der Waals surface area (Å²) in [5, 5.41) is 4.79. The second kappa shape index (κ2) is 7.01. The summed E-state index contributed by atoms with van der Waals surface area (Å²) in [7, 11) is 0. The number of carbonyl (C=O) groups is 1. The number of nitrogens with one attached hydrogen (secondary N) is 1. The Kier molecular flexibility index (Phi) is 5.04. The summed E-state index contributed by atoms with van der Waals surface area (Å²) in [4.78, 5) is 13.3. The number of thiophene rings is 1. The third kappa shape index (κ3) is 3.47. The summed E-state index contributed by atoms with van der Waals surface area (Å²) in [6.45, 7) is 2.06. The van der Waals surface area contributed by atoms with Crippen LogP contribution in [0.25, 0.3) is 10.1 Å². The SMILES string of the molecule is Cc1ccc2c(Cl)c(C(=O)NC3CCCCCCC3)sc2c1. The molecule has 1 fully saturated rings. The Morgan fingerprint density at radius 3 is 2.59 bits per heavy atom. The van der Waals surface area contributed by atoms with E-state index in [-0.39, 0.29) is 5.91 Å². The van der Waals surface area contributed by atoms with Crippen LogP contribution in [-0.4, -0.2) is 11.9 Å². The highest BCUT2D eigenvalue weighted by Gasteiger charge is 2.20. The van der Waals surface area contributed by atoms with Crippen LogP contribution >= 0.6 is 22.9 Å². The predicted octanol–water partition coefficient (Wildman–Crippen LogP) is 5.71. The van der Waals surface area contributed by atoms with Crippen LogP contribution in [0.15, 0.2) is 18.2 Å². The first-order chi connectivity index (χ1) is 10.6. The van der Waals surface area contributed by atoms with Gasteiger partial charge in [0.2, 0.25) is 0 Å². The van der Waals surface area contributed by atoms with E-state index in [0.29, 0.717) is 15.9 Å². The Labute approximate surface area is 140 Å². The maximum atomic E-state index is 12.6. The molecule has 1 amide bonds.